The van der Waals surface area contributed by atoms with Crippen LogP contribution in [0.5, 0.6) is 11.5 Å². The first-order valence-corrected chi connectivity index (χ1v) is 8.54. The fraction of sp³-hybridized carbons (Fsp3) is 0.381. The summed E-state index contributed by atoms with van der Waals surface area (Å²) in [5.41, 5.74) is 3.89. The van der Waals surface area contributed by atoms with Crippen LogP contribution in [0, 0.1) is 13.8 Å². The second kappa shape index (κ2) is 8.06. The molecule has 4 heteroatoms. The topological polar surface area (TPSA) is 47.6 Å². The summed E-state index contributed by atoms with van der Waals surface area (Å²) in [5, 5.41) is 2.89. The van der Waals surface area contributed by atoms with Crippen molar-refractivity contribution in [1.82, 2.24) is 0 Å². The van der Waals surface area contributed by atoms with Crippen LogP contribution >= 0.6 is 0 Å². The lowest BCUT2D eigenvalue weighted by Gasteiger charge is -2.19. The maximum atomic E-state index is 12.5. The lowest BCUT2D eigenvalue weighted by atomic mass is 10.0. The number of methoxy groups -OCH3 is 1. The normalized spacial score (nSPS) is 12.0. The minimum Gasteiger partial charge on any atom is -0.495 e. The van der Waals surface area contributed by atoms with Gasteiger partial charge in [0.25, 0.3) is 5.91 Å². The zero-order chi connectivity index (χ0) is 18.6. The van der Waals surface area contributed by atoms with Crippen molar-refractivity contribution in [3.05, 3.63) is 53.1 Å². The number of carbonyl (C=O) groups is 1. The average molecular weight is 341 g/mol. The smallest absolute Gasteiger partial charge is 0.265 e. The molecule has 2 aromatic rings. The Kier molecular flexibility index (Phi) is 6.07. The largest absolute Gasteiger partial charge is 0.495 e. The molecular weight excluding hydrogens is 314 g/mol. The SMILES string of the molecule is COc1ccc(C)cc1NC(=O)C(C)Oc1cc(C(C)C)ccc1C. The Labute approximate surface area is 150 Å². The van der Waals surface area contributed by atoms with Gasteiger partial charge in [-0.3, -0.25) is 4.79 Å². The van der Waals surface area contributed by atoms with Gasteiger partial charge in [0.2, 0.25) is 0 Å². The minimum absolute atomic E-state index is 0.210. The van der Waals surface area contributed by atoms with E-state index in [-0.39, 0.29) is 5.91 Å². The van der Waals surface area contributed by atoms with Crippen LogP contribution in [0.2, 0.25) is 0 Å². The molecule has 0 heterocycles. The van der Waals surface area contributed by atoms with E-state index in [0.29, 0.717) is 17.4 Å². The van der Waals surface area contributed by atoms with Crippen LogP contribution in [0.1, 0.15) is 43.4 Å². The number of ether oxygens (including phenoxy) is 2. The van der Waals surface area contributed by atoms with Crippen molar-refractivity contribution < 1.29 is 14.3 Å². The second-order valence-electron chi connectivity index (χ2n) is 6.63. The molecule has 0 saturated heterocycles. The summed E-state index contributed by atoms with van der Waals surface area (Å²) in [4.78, 5) is 12.5. The fourth-order valence-electron chi connectivity index (χ4n) is 2.50. The number of rotatable bonds is 6. The van der Waals surface area contributed by atoms with Gasteiger partial charge in [0.05, 0.1) is 12.8 Å². The van der Waals surface area contributed by atoms with E-state index >= 15 is 0 Å². The summed E-state index contributed by atoms with van der Waals surface area (Å²) in [6.45, 7) is 9.96. The Morgan fingerprint density at radius 1 is 1.00 bits per heavy atom. The summed E-state index contributed by atoms with van der Waals surface area (Å²) in [7, 11) is 1.58. The molecule has 1 amide bonds. The van der Waals surface area contributed by atoms with E-state index in [1.807, 2.05) is 44.2 Å². The monoisotopic (exact) mass is 341 g/mol. The maximum Gasteiger partial charge on any atom is 0.265 e. The number of hydrogen-bond acceptors (Lipinski definition) is 3. The first kappa shape index (κ1) is 18.8. The maximum absolute atomic E-state index is 12.5. The quantitative estimate of drug-likeness (QED) is 0.818. The number of benzene rings is 2. The fourth-order valence-corrected chi connectivity index (χ4v) is 2.50. The average Bonchev–Trinajstić information content (AvgIpc) is 2.56. The third kappa shape index (κ3) is 4.75. The van der Waals surface area contributed by atoms with Gasteiger partial charge in [-0.05, 0) is 61.6 Å². The van der Waals surface area contributed by atoms with Gasteiger partial charge in [-0.1, -0.05) is 32.0 Å². The number of hydrogen-bond donors (Lipinski definition) is 1. The summed E-state index contributed by atoms with van der Waals surface area (Å²) in [6, 6.07) is 11.8. The molecule has 25 heavy (non-hydrogen) atoms. The van der Waals surface area contributed by atoms with Crippen LogP contribution in [-0.4, -0.2) is 19.1 Å². The van der Waals surface area contributed by atoms with Crippen molar-refractivity contribution in [1.29, 1.82) is 0 Å². The highest BCUT2D eigenvalue weighted by atomic mass is 16.5. The van der Waals surface area contributed by atoms with Gasteiger partial charge in [0, 0.05) is 0 Å². The lowest BCUT2D eigenvalue weighted by Crippen LogP contribution is -2.30. The van der Waals surface area contributed by atoms with E-state index in [9.17, 15) is 4.79 Å². The van der Waals surface area contributed by atoms with Crippen LogP contribution in [0.15, 0.2) is 36.4 Å². The van der Waals surface area contributed by atoms with E-state index in [2.05, 4.69) is 25.2 Å². The van der Waals surface area contributed by atoms with Crippen molar-refractivity contribution in [2.24, 2.45) is 0 Å². The van der Waals surface area contributed by atoms with E-state index in [1.54, 1.807) is 14.0 Å². The summed E-state index contributed by atoms with van der Waals surface area (Å²) in [5.74, 6) is 1.57. The Hall–Kier alpha value is -2.49. The highest BCUT2D eigenvalue weighted by molar-refractivity contribution is 5.95. The number of carbonyl (C=O) groups excluding carboxylic acids is 1. The van der Waals surface area contributed by atoms with Crippen molar-refractivity contribution in [3.8, 4) is 11.5 Å². The van der Waals surface area contributed by atoms with Crippen LogP contribution < -0.4 is 14.8 Å². The third-order valence-electron chi connectivity index (χ3n) is 4.16. The summed E-state index contributed by atoms with van der Waals surface area (Å²) >= 11 is 0. The number of anilines is 1. The van der Waals surface area contributed by atoms with E-state index in [4.69, 9.17) is 9.47 Å². The van der Waals surface area contributed by atoms with Gasteiger partial charge >= 0.3 is 0 Å². The summed E-state index contributed by atoms with van der Waals surface area (Å²) < 4.78 is 11.2. The second-order valence-corrected chi connectivity index (χ2v) is 6.63. The molecule has 0 aliphatic heterocycles. The van der Waals surface area contributed by atoms with Gasteiger partial charge in [-0.15, -0.1) is 0 Å². The molecule has 1 atom stereocenters. The molecule has 0 spiro atoms. The van der Waals surface area contributed by atoms with Crippen LogP contribution in [-0.2, 0) is 4.79 Å². The first-order chi connectivity index (χ1) is 11.8. The zero-order valence-electron chi connectivity index (χ0n) is 15.8. The molecule has 1 unspecified atom stereocenters. The Morgan fingerprint density at radius 3 is 2.36 bits per heavy atom. The van der Waals surface area contributed by atoms with Crippen LogP contribution in [0.4, 0.5) is 5.69 Å². The Bertz CT molecular complexity index is 753. The molecule has 0 aliphatic carbocycles. The first-order valence-electron chi connectivity index (χ1n) is 8.54. The predicted octanol–water partition coefficient (Wildman–Crippen LogP) is 4.84. The van der Waals surface area contributed by atoms with E-state index < -0.39 is 6.10 Å². The number of nitrogens with one attached hydrogen (secondary N) is 1. The molecule has 0 radical (unpaired) electrons. The van der Waals surface area contributed by atoms with Crippen molar-refractivity contribution in [2.75, 3.05) is 12.4 Å². The number of aryl methyl sites for hydroxylation is 2. The van der Waals surface area contributed by atoms with Crippen molar-refractivity contribution in [3.63, 3.8) is 0 Å². The molecule has 1 N–H and O–H groups in total. The van der Waals surface area contributed by atoms with Gasteiger partial charge < -0.3 is 14.8 Å². The molecule has 0 aromatic heterocycles. The van der Waals surface area contributed by atoms with Gasteiger partial charge in [0.15, 0.2) is 6.10 Å². The Morgan fingerprint density at radius 2 is 1.72 bits per heavy atom. The lowest BCUT2D eigenvalue weighted by molar-refractivity contribution is -0.122. The van der Waals surface area contributed by atoms with Gasteiger partial charge in [0.1, 0.15) is 11.5 Å². The molecule has 2 rings (SSSR count). The molecule has 134 valence electrons. The van der Waals surface area contributed by atoms with Crippen LogP contribution in [0.3, 0.4) is 0 Å². The predicted molar refractivity (Wildman–Crippen MR) is 102 cm³/mol. The molecule has 0 fully saturated rings. The zero-order valence-corrected chi connectivity index (χ0v) is 15.8. The standard InChI is InChI=1S/C21H27NO3/c1-13(2)17-9-8-15(4)20(12-17)25-16(5)21(23)22-18-11-14(3)7-10-19(18)24-6/h7-13,16H,1-6H3,(H,22,23). The van der Waals surface area contributed by atoms with Gasteiger partial charge in [-0.2, -0.15) is 0 Å². The van der Waals surface area contributed by atoms with E-state index in [1.165, 1.54) is 5.56 Å². The molecule has 0 saturated carbocycles. The van der Waals surface area contributed by atoms with Crippen molar-refractivity contribution in [2.45, 2.75) is 46.6 Å². The number of amides is 1. The van der Waals surface area contributed by atoms with Crippen LogP contribution in [0.25, 0.3) is 0 Å². The van der Waals surface area contributed by atoms with Crippen molar-refractivity contribution >= 4 is 11.6 Å². The van der Waals surface area contributed by atoms with E-state index in [0.717, 1.165) is 16.9 Å². The highest BCUT2D eigenvalue weighted by Crippen LogP contribution is 2.27. The Balaban J connectivity index is 2.13. The molecule has 2 aromatic carbocycles. The third-order valence-corrected chi connectivity index (χ3v) is 4.16. The molecule has 0 aliphatic rings. The minimum atomic E-state index is -0.619. The molecule has 4 nitrogen and oxygen atoms in total. The highest BCUT2D eigenvalue weighted by Gasteiger charge is 2.18. The summed E-state index contributed by atoms with van der Waals surface area (Å²) in [6.07, 6.45) is -0.619. The van der Waals surface area contributed by atoms with Gasteiger partial charge in [-0.25, -0.2) is 0 Å². The molecular formula is C21H27NO3. The molecule has 0 bridgehead atoms.